The highest BCUT2D eigenvalue weighted by Gasteiger charge is 2.33. The van der Waals surface area contributed by atoms with E-state index in [0.717, 1.165) is 12.1 Å². The number of nitrogens with zero attached hydrogens (tertiary/aromatic N) is 2. The summed E-state index contributed by atoms with van der Waals surface area (Å²) in [5.41, 5.74) is -1.13. The molecule has 1 aliphatic rings. The Hall–Kier alpha value is -2.94. The smallest absolute Gasteiger partial charge is 0.378 e. The van der Waals surface area contributed by atoms with E-state index in [1.54, 1.807) is 4.90 Å². The maximum absolute atomic E-state index is 13.1. The number of para-hydroxylation sites is 1. The number of ether oxygens (including phenoxy) is 1. The van der Waals surface area contributed by atoms with E-state index in [0.29, 0.717) is 26.3 Å². The molecule has 0 atom stereocenters. The zero-order valence-electron chi connectivity index (χ0n) is 14.1. The summed E-state index contributed by atoms with van der Waals surface area (Å²) in [6, 6.07) is 5.99. The van der Waals surface area contributed by atoms with Crippen LogP contribution < -0.4 is 5.32 Å². The van der Waals surface area contributed by atoms with Crippen LogP contribution in [0.1, 0.15) is 26.3 Å². The van der Waals surface area contributed by atoms with Gasteiger partial charge in [-0.1, -0.05) is 12.1 Å². The van der Waals surface area contributed by atoms with Gasteiger partial charge in [0, 0.05) is 25.5 Å². The zero-order chi connectivity index (χ0) is 19.4. The highest BCUT2D eigenvalue weighted by Crippen LogP contribution is 2.34. The predicted molar refractivity (Wildman–Crippen MR) is 90.4 cm³/mol. The van der Waals surface area contributed by atoms with E-state index in [2.05, 4.69) is 10.3 Å². The summed E-state index contributed by atoms with van der Waals surface area (Å²) in [5.74, 6) is -1.09. The molecule has 2 heterocycles. The average Bonchev–Trinajstić information content (AvgIpc) is 2.68. The lowest BCUT2D eigenvalue weighted by atomic mass is 10.1. The second kappa shape index (κ2) is 7.75. The number of carbonyl (C=O) groups excluding carboxylic acids is 2. The van der Waals surface area contributed by atoms with Gasteiger partial charge in [-0.05, 0) is 18.2 Å². The van der Waals surface area contributed by atoms with Crippen molar-refractivity contribution in [2.75, 3.05) is 31.6 Å². The number of hydrogen-bond donors (Lipinski definition) is 1. The standard InChI is InChI=1S/C18H16F3N3O3/c19-18(20,21)14-3-1-2-4-15(14)23-16(25)12-9-13(11-22-10-12)17(26)24-5-7-27-8-6-24/h1-4,9-11H,5-8H2,(H,23,25). The summed E-state index contributed by atoms with van der Waals surface area (Å²) in [7, 11) is 0. The second-order valence-electron chi connectivity index (χ2n) is 5.86. The largest absolute Gasteiger partial charge is 0.418 e. The number of halogens is 3. The van der Waals surface area contributed by atoms with Gasteiger partial charge in [0.25, 0.3) is 11.8 Å². The van der Waals surface area contributed by atoms with E-state index in [1.807, 2.05) is 0 Å². The SMILES string of the molecule is O=C(Nc1ccccc1C(F)(F)F)c1cncc(C(=O)N2CCOCC2)c1. The van der Waals surface area contributed by atoms with Gasteiger partial charge in [0.2, 0.25) is 0 Å². The number of rotatable bonds is 3. The summed E-state index contributed by atoms with van der Waals surface area (Å²) in [5, 5.41) is 2.24. The van der Waals surface area contributed by atoms with Gasteiger partial charge in [0.1, 0.15) is 0 Å². The van der Waals surface area contributed by atoms with Gasteiger partial charge in [-0.25, -0.2) is 0 Å². The van der Waals surface area contributed by atoms with Gasteiger partial charge in [-0.3, -0.25) is 14.6 Å². The van der Waals surface area contributed by atoms with Crippen LogP contribution in [0.2, 0.25) is 0 Å². The number of carbonyl (C=O) groups is 2. The summed E-state index contributed by atoms with van der Waals surface area (Å²) in [4.78, 5) is 30.3. The van der Waals surface area contributed by atoms with Crippen LogP contribution in [-0.4, -0.2) is 48.0 Å². The molecule has 142 valence electrons. The molecule has 0 bridgehead atoms. The molecule has 1 fully saturated rings. The van der Waals surface area contributed by atoms with Crippen molar-refractivity contribution >= 4 is 17.5 Å². The maximum Gasteiger partial charge on any atom is 0.418 e. The Balaban J connectivity index is 1.79. The van der Waals surface area contributed by atoms with Crippen molar-refractivity contribution in [2.24, 2.45) is 0 Å². The summed E-state index contributed by atoms with van der Waals surface area (Å²) >= 11 is 0. The number of amides is 2. The molecule has 0 spiro atoms. The van der Waals surface area contributed by atoms with Crippen molar-refractivity contribution in [3.05, 3.63) is 59.4 Å². The first-order chi connectivity index (χ1) is 12.9. The van der Waals surface area contributed by atoms with Crippen LogP contribution >= 0.6 is 0 Å². The number of pyridine rings is 1. The lowest BCUT2D eigenvalue weighted by Gasteiger charge is -2.26. The highest BCUT2D eigenvalue weighted by atomic mass is 19.4. The van der Waals surface area contributed by atoms with Gasteiger partial charge >= 0.3 is 6.18 Å². The molecule has 0 radical (unpaired) electrons. The minimum absolute atomic E-state index is 0.00825. The monoisotopic (exact) mass is 379 g/mol. The van der Waals surface area contributed by atoms with Crippen LogP contribution in [0.4, 0.5) is 18.9 Å². The van der Waals surface area contributed by atoms with Crippen molar-refractivity contribution in [3.8, 4) is 0 Å². The lowest BCUT2D eigenvalue weighted by molar-refractivity contribution is -0.136. The minimum Gasteiger partial charge on any atom is -0.378 e. The number of benzene rings is 1. The van der Waals surface area contributed by atoms with E-state index < -0.39 is 17.6 Å². The van der Waals surface area contributed by atoms with Crippen molar-refractivity contribution in [2.45, 2.75) is 6.18 Å². The quantitative estimate of drug-likeness (QED) is 0.890. The Kier molecular flexibility index (Phi) is 5.41. The van der Waals surface area contributed by atoms with E-state index in [-0.39, 0.29) is 22.7 Å². The highest BCUT2D eigenvalue weighted by molar-refractivity contribution is 6.06. The van der Waals surface area contributed by atoms with E-state index >= 15 is 0 Å². The fourth-order valence-corrected chi connectivity index (χ4v) is 2.66. The van der Waals surface area contributed by atoms with Gasteiger partial charge in [-0.2, -0.15) is 13.2 Å². The first-order valence-electron chi connectivity index (χ1n) is 8.16. The molecule has 3 rings (SSSR count). The van der Waals surface area contributed by atoms with Crippen LogP contribution in [0.15, 0.2) is 42.7 Å². The summed E-state index contributed by atoms with van der Waals surface area (Å²) < 4.78 is 44.3. The molecule has 9 heteroatoms. The van der Waals surface area contributed by atoms with Gasteiger partial charge in [0.05, 0.1) is 35.6 Å². The van der Waals surface area contributed by atoms with Crippen molar-refractivity contribution < 1.29 is 27.5 Å². The first kappa shape index (κ1) is 18.8. The van der Waals surface area contributed by atoms with Gasteiger partial charge < -0.3 is 15.0 Å². The normalized spacial score (nSPS) is 14.7. The Labute approximate surface area is 152 Å². The zero-order valence-corrected chi connectivity index (χ0v) is 14.1. The van der Waals surface area contributed by atoms with Crippen LogP contribution in [-0.2, 0) is 10.9 Å². The number of anilines is 1. The molecule has 1 aliphatic heterocycles. The fourth-order valence-electron chi connectivity index (χ4n) is 2.66. The number of nitrogens with one attached hydrogen (secondary N) is 1. The van der Waals surface area contributed by atoms with Gasteiger partial charge in [-0.15, -0.1) is 0 Å². The summed E-state index contributed by atoms with van der Waals surface area (Å²) in [6.45, 7) is 1.70. The van der Waals surface area contributed by atoms with Crippen LogP contribution in [0.5, 0.6) is 0 Å². The minimum atomic E-state index is -4.60. The van der Waals surface area contributed by atoms with Crippen molar-refractivity contribution in [1.29, 1.82) is 0 Å². The van der Waals surface area contributed by atoms with Crippen LogP contribution in [0.25, 0.3) is 0 Å². The molecule has 1 saturated heterocycles. The number of alkyl halides is 3. The molecule has 0 saturated carbocycles. The molecule has 1 aromatic carbocycles. The van der Waals surface area contributed by atoms with Crippen molar-refractivity contribution in [3.63, 3.8) is 0 Å². The van der Waals surface area contributed by atoms with Gasteiger partial charge in [0.15, 0.2) is 0 Å². The Morgan fingerprint density at radius 2 is 1.74 bits per heavy atom. The molecule has 2 aromatic rings. The molecule has 0 aliphatic carbocycles. The van der Waals surface area contributed by atoms with Crippen molar-refractivity contribution in [1.82, 2.24) is 9.88 Å². The molecule has 1 N–H and O–H groups in total. The van der Waals surface area contributed by atoms with E-state index in [4.69, 9.17) is 4.74 Å². The fraction of sp³-hybridized carbons (Fsp3) is 0.278. The average molecular weight is 379 g/mol. The predicted octanol–water partition coefficient (Wildman–Crippen LogP) is 2.83. The topological polar surface area (TPSA) is 71.5 Å². The molecule has 6 nitrogen and oxygen atoms in total. The third-order valence-corrected chi connectivity index (χ3v) is 4.03. The Bertz CT molecular complexity index is 849. The third kappa shape index (κ3) is 4.43. The maximum atomic E-state index is 13.1. The molecule has 0 unspecified atom stereocenters. The van der Waals surface area contributed by atoms with E-state index in [1.165, 1.54) is 30.6 Å². The molecule has 27 heavy (non-hydrogen) atoms. The summed E-state index contributed by atoms with van der Waals surface area (Å²) in [6.07, 6.45) is -2.09. The number of hydrogen-bond acceptors (Lipinski definition) is 4. The second-order valence-corrected chi connectivity index (χ2v) is 5.86. The third-order valence-electron chi connectivity index (χ3n) is 4.03. The van der Waals surface area contributed by atoms with Crippen LogP contribution in [0, 0.1) is 0 Å². The lowest BCUT2D eigenvalue weighted by Crippen LogP contribution is -2.40. The van der Waals surface area contributed by atoms with E-state index in [9.17, 15) is 22.8 Å². The van der Waals surface area contributed by atoms with Crippen LogP contribution in [0.3, 0.4) is 0 Å². The molecular weight excluding hydrogens is 363 g/mol. The Morgan fingerprint density at radius 1 is 1.07 bits per heavy atom. The number of aromatic nitrogens is 1. The molecule has 2 amide bonds. The molecular formula is C18H16F3N3O3. The first-order valence-corrected chi connectivity index (χ1v) is 8.16. The Morgan fingerprint density at radius 3 is 2.44 bits per heavy atom. The molecule has 1 aromatic heterocycles. The number of morpholine rings is 1.